The first-order valence-electron chi connectivity index (χ1n) is 4.98. The van der Waals surface area contributed by atoms with E-state index in [1.165, 1.54) is 13.2 Å². The Morgan fingerprint density at radius 3 is 2.50 bits per heavy atom. The summed E-state index contributed by atoms with van der Waals surface area (Å²) in [5.74, 6) is -2.19. The first-order chi connectivity index (χ1) is 7.55. The van der Waals surface area contributed by atoms with E-state index < -0.39 is 11.6 Å². The second-order valence-electron chi connectivity index (χ2n) is 4.05. The van der Waals surface area contributed by atoms with Gasteiger partial charge < -0.3 is 10.5 Å². The van der Waals surface area contributed by atoms with Crippen LogP contribution in [0.2, 0.25) is 5.02 Å². The van der Waals surface area contributed by atoms with E-state index in [2.05, 4.69) is 0 Å². The quantitative estimate of drug-likeness (QED) is 0.834. The Balaban J connectivity index is 2.61. The Kier molecular flexibility index (Phi) is 2.80. The molecule has 0 radical (unpaired) electrons. The van der Waals surface area contributed by atoms with Crippen LogP contribution in [0.25, 0.3) is 0 Å². The van der Waals surface area contributed by atoms with Crippen LogP contribution in [-0.4, -0.2) is 13.7 Å². The number of nitrogens with two attached hydrogens (primary N) is 1. The van der Waals surface area contributed by atoms with Crippen molar-refractivity contribution in [3.05, 3.63) is 28.3 Å². The Labute approximate surface area is 97.3 Å². The molecular weight excluding hydrogens is 236 g/mol. The predicted octanol–water partition coefficient (Wildman–Crippen LogP) is 2.62. The van der Waals surface area contributed by atoms with Gasteiger partial charge in [-0.05, 0) is 18.9 Å². The SMILES string of the molecule is COc1c(C2(CN)CC2)cc(Cl)c(F)c1F. The molecule has 1 aliphatic rings. The Morgan fingerprint density at radius 2 is 2.06 bits per heavy atom. The second kappa shape index (κ2) is 3.86. The van der Waals surface area contributed by atoms with Gasteiger partial charge in [0.1, 0.15) is 0 Å². The molecule has 2 rings (SSSR count). The van der Waals surface area contributed by atoms with Crippen LogP contribution in [0.15, 0.2) is 6.07 Å². The Hall–Kier alpha value is -0.870. The van der Waals surface area contributed by atoms with Gasteiger partial charge in [-0.1, -0.05) is 11.6 Å². The van der Waals surface area contributed by atoms with E-state index >= 15 is 0 Å². The van der Waals surface area contributed by atoms with Crippen LogP contribution in [0.4, 0.5) is 8.78 Å². The number of benzene rings is 1. The van der Waals surface area contributed by atoms with Crippen molar-refractivity contribution in [3.8, 4) is 5.75 Å². The summed E-state index contributed by atoms with van der Waals surface area (Å²) in [4.78, 5) is 0. The average Bonchev–Trinajstić information content (AvgIpc) is 3.06. The van der Waals surface area contributed by atoms with Crippen LogP contribution in [-0.2, 0) is 5.41 Å². The fraction of sp³-hybridized carbons (Fsp3) is 0.455. The minimum absolute atomic E-state index is 0.0788. The first kappa shape index (κ1) is 11.6. The highest BCUT2D eigenvalue weighted by atomic mass is 35.5. The highest BCUT2D eigenvalue weighted by Crippen LogP contribution is 2.52. The summed E-state index contributed by atoms with van der Waals surface area (Å²) in [5.41, 5.74) is 5.93. The van der Waals surface area contributed by atoms with E-state index in [0.717, 1.165) is 12.8 Å². The maximum Gasteiger partial charge on any atom is 0.202 e. The lowest BCUT2D eigenvalue weighted by Crippen LogP contribution is -2.21. The van der Waals surface area contributed by atoms with Crippen molar-refractivity contribution >= 4 is 11.6 Å². The van der Waals surface area contributed by atoms with Crippen molar-refractivity contribution in [1.29, 1.82) is 0 Å². The average molecular weight is 248 g/mol. The molecule has 0 aliphatic heterocycles. The van der Waals surface area contributed by atoms with E-state index in [0.29, 0.717) is 12.1 Å². The normalized spacial score (nSPS) is 17.3. The highest BCUT2D eigenvalue weighted by molar-refractivity contribution is 6.30. The van der Waals surface area contributed by atoms with E-state index in [9.17, 15) is 8.78 Å². The van der Waals surface area contributed by atoms with Crippen molar-refractivity contribution < 1.29 is 13.5 Å². The lowest BCUT2D eigenvalue weighted by atomic mass is 9.95. The van der Waals surface area contributed by atoms with Crippen LogP contribution >= 0.6 is 11.6 Å². The number of halogens is 3. The lowest BCUT2D eigenvalue weighted by Gasteiger charge is -2.18. The predicted molar refractivity (Wildman–Crippen MR) is 57.9 cm³/mol. The molecule has 1 saturated carbocycles. The minimum Gasteiger partial charge on any atom is -0.493 e. The zero-order valence-electron chi connectivity index (χ0n) is 8.82. The van der Waals surface area contributed by atoms with Crippen molar-refractivity contribution in [1.82, 2.24) is 0 Å². The topological polar surface area (TPSA) is 35.2 Å². The maximum atomic E-state index is 13.6. The van der Waals surface area contributed by atoms with Crippen molar-refractivity contribution in [2.45, 2.75) is 18.3 Å². The van der Waals surface area contributed by atoms with Crippen LogP contribution in [0.1, 0.15) is 18.4 Å². The van der Waals surface area contributed by atoms with E-state index in [4.69, 9.17) is 22.1 Å². The third-order valence-electron chi connectivity index (χ3n) is 3.14. The zero-order valence-corrected chi connectivity index (χ0v) is 9.57. The summed E-state index contributed by atoms with van der Waals surface area (Å²) in [5, 5.41) is -0.229. The molecule has 1 fully saturated rings. The van der Waals surface area contributed by atoms with Crippen molar-refractivity contribution in [2.24, 2.45) is 5.73 Å². The van der Waals surface area contributed by atoms with Gasteiger partial charge in [-0.2, -0.15) is 4.39 Å². The fourth-order valence-electron chi connectivity index (χ4n) is 1.91. The fourth-order valence-corrected chi connectivity index (χ4v) is 2.10. The summed E-state index contributed by atoms with van der Waals surface area (Å²) in [6.45, 7) is 0.380. The molecule has 0 aromatic heterocycles. The summed E-state index contributed by atoms with van der Waals surface area (Å²) in [7, 11) is 1.31. The number of ether oxygens (including phenoxy) is 1. The molecule has 16 heavy (non-hydrogen) atoms. The first-order valence-corrected chi connectivity index (χ1v) is 5.35. The molecule has 88 valence electrons. The van der Waals surface area contributed by atoms with Crippen molar-refractivity contribution in [2.75, 3.05) is 13.7 Å². The lowest BCUT2D eigenvalue weighted by molar-refractivity contribution is 0.362. The molecule has 0 atom stereocenters. The Bertz CT molecular complexity index is 432. The van der Waals surface area contributed by atoms with Gasteiger partial charge in [-0.25, -0.2) is 4.39 Å². The van der Waals surface area contributed by atoms with E-state index in [-0.39, 0.29) is 16.2 Å². The van der Waals surface area contributed by atoms with Crippen LogP contribution in [0.3, 0.4) is 0 Å². The van der Waals surface area contributed by atoms with Crippen LogP contribution in [0.5, 0.6) is 5.75 Å². The molecule has 1 aliphatic carbocycles. The van der Waals surface area contributed by atoms with Crippen molar-refractivity contribution in [3.63, 3.8) is 0 Å². The monoisotopic (exact) mass is 247 g/mol. The maximum absolute atomic E-state index is 13.6. The molecule has 0 amide bonds. The number of hydrogen-bond acceptors (Lipinski definition) is 2. The van der Waals surface area contributed by atoms with Gasteiger partial charge in [0.05, 0.1) is 12.1 Å². The van der Waals surface area contributed by atoms with E-state index in [1.54, 1.807) is 0 Å². The number of methoxy groups -OCH3 is 1. The van der Waals surface area contributed by atoms with Gasteiger partial charge >= 0.3 is 0 Å². The molecule has 0 spiro atoms. The van der Waals surface area contributed by atoms with Gasteiger partial charge in [0.15, 0.2) is 11.6 Å². The van der Waals surface area contributed by atoms with Gasteiger partial charge in [-0.15, -0.1) is 0 Å². The largest absolute Gasteiger partial charge is 0.493 e. The molecule has 2 N–H and O–H groups in total. The van der Waals surface area contributed by atoms with Crippen LogP contribution < -0.4 is 10.5 Å². The smallest absolute Gasteiger partial charge is 0.202 e. The second-order valence-corrected chi connectivity index (χ2v) is 4.46. The molecule has 1 aromatic carbocycles. The van der Waals surface area contributed by atoms with Gasteiger partial charge in [-0.3, -0.25) is 0 Å². The summed E-state index contributed by atoms with van der Waals surface area (Å²) in [6, 6.07) is 1.42. The zero-order chi connectivity index (χ0) is 11.9. The minimum atomic E-state index is -1.07. The number of rotatable bonds is 3. The molecule has 0 saturated heterocycles. The number of hydrogen-bond donors (Lipinski definition) is 1. The van der Waals surface area contributed by atoms with Crippen LogP contribution in [0, 0.1) is 11.6 Å². The Morgan fingerprint density at radius 1 is 1.44 bits per heavy atom. The summed E-state index contributed by atoms with van der Waals surface area (Å²) in [6.07, 6.45) is 1.70. The van der Waals surface area contributed by atoms with E-state index in [1.807, 2.05) is 0 Å². The third-order valence-corrected chi connectivity index (χ3v) is 3.41. The standard InChI is InChI=1S/C11H12ClF2NO/c1-16-10-6(11(5-15)2-3-11)4-7(12)8(13)9(10)14/h4H,2-3,5,15H2,1H3. The molecular formula is C11H12ClF2NO. The third kappa shape index (κ3) is 1.57. The highest BCUT2D eigenvalue weighted by Gasteiger charge is 2.46. The summed E-state index contributed by atoms with van der Waals surface area (Å²) < 4.78 is 31.8. The van der Waals surface area contributed by atoms with Gasteiger partial charge in [0.25, 0.3) is 0 Å². The molecule has 1 aromatic rings. The summed E-state index contributed by atoms with van der Waals surface area (Å²) >= 11 is 5.63. The molecule has 2 nitrogen and oxygen atoms in total. The molecule has 0 heterocycles. The van der Waals surface area contributed by atoms with Gasteiger partial charge in [0, 0.05) is 17.5 Å². The molecule has 0 bridgehead atoms. The molecule has 0 unspecified atom stereocenters. The molecule has 5 heteroatoms. The van der Waals surface area contributed by atoms with Gasteiger partial charge in [0.2, 0.25) is 5.82 Å².